The fourth-order valence-electron chi connectivity index (χ4n) is 4.11. The van der Waals surface area contributed by atoms with Crippen LogP contribution in [0.5, 0.6) is 0 Å². The van der Waals surface area contributed by atoms with E-state index in [2.05, 4.69) is 25.3 Å². The summed E-state index contributed by atoms with van der Waals surface area (Å²) in [5.74, 6) is -0.0906. The third kappa shape index (κ3) is 7.99. The van der Waals surface area contributed by atoms with Crippen LogP contribution in [0.2, 0.25) is 5.02 Å². The van der Waals surface area contributed by atoms with Crippen LogP contribution in [0.4, 0.5) is 20.8 Å². The lowest BCUT2D eigenvalue weighted by Crippen LogP contribution is -2.41. The molecule has 0 radical (unpaired) electrons. The van der Waals surface area contributed by atoms with E-state index in [1.165, 1.54) is 17.4 Å². The van der Waals surface area contributed by atoms with E-state index in [9.17, 15) is 22.7 Å². The van der Waals surface area contributed by atoms with E-state index < -0.39 is 21.9 Å². The van der Waals surface area contributed by atoms with Crippen molar-refractivity contribution in [3.63, 3.8) is 0 Å². The van der Waals surface area contributed by atoms with Crippen LogP contribution in [0.1, 0.15) is 51.0 Å². The molecule has 0 saturated heterocycles. The molecule has 1 aliphatic rings. The summed E-state index contributed by atoms with van der Waals surface area (Å²) in [7, 11) is -3.70. The van der Waals surface area contributed by atoms with E-state index in [0.717, 1.165) is 30.2 Å². The Morgan fingerprint density at radius 2 is 2.00 bits per heavy atom. The van der Waals surface area contributed by atoms with Gasteiger partial charge in [0.15, 0.2) is 0 Å². The highest BCUT2D eigenvalue weighted by molar-refractivity contribution is 7.92. The zero-order chi connectivity index (χ0) is 28.5. The highest BCUT2D eigenvalue weighted by Gasteiger charge is 2.30. The zero-order valence-corrected chi connectivity index (χ0v) is 24.3. The second-order valence-corrected chi connectivity index (χ2v) is 13.9. The summed E-state index contributed by atoms with van der Waals surface area (Å²) >= 11 is 7.99. The highest BCUT2D eigenvalue weighted by Crippen LogP contribution is 2.48. The van der Waals surface area contributed by atoms with Crippen LogP contribution in [0.15, 0.2) is 24.4 Å². The first kappa shape index (κ1) is 29.0. The zero-order valence-electron chi connectivity index (χ0n) is 21.9. The van der Waals surface area contributed by atoms with Crippen molar-refractivity contribution >= 4 is 50.7 Å². The van der Waals surface area contributed by atoms with Gasteiger partial charge in [0.1, 0.15) is 5.82 Å². The quantitative estimate of drug-likeness (QED) is 0.230. The summed E-state index contributed by atoms with van der Waals surface area (Å²) in [5.41, 5.74) is 0.963. The van der Waals surface area contributed by atoms with Gasteiger partial charge in [0.2, 0.25) is 16.0 Å². The van der Waals surface area contributed by atoms with Crippen molar-refractivity contribution in [3.8, 4) is 21.8 Å². The van der Waals surface area contributed by atoms with Gasteiger partial charge in [-0.1, -0.05) is 32.4 Å². The standard InChI is InChI=1S/C25H30ClFN6O4S2/c1-25(2,3)11-15(30-24(34)35)12-29-23-28-8-7-17(31-23)21-20(32-22(38-21)13-5-6-13)16-9-14(27)10-18(19(16)26)33-39(4,36)37/h7-10,13,15,30,33H,5-6,11-12H2,1-4H3,(H,34,35)(H,28,29,31)/t15-/m0/s1. The molecule has 1 atom stereocenters. The summed E-state index contributed by atoms with van der Waals surface area (Å²) in [5, 5.41) is 15.8. The van der Waals surface area contributed by atoms with Crippen LogP contribution in [0, 0.1) is 11.2 Å². The van der Waals surface area contributed by atoms with Gasteiger partial charge in [-0.15, -0.1) is 11.3 Å². The number of rotatable bonds is 10. The number of sulfonamides is 1. The number of hydrogen-bond acceptors (Lipinski definition) is 8. The second kappa shape index (κ2) is 11.2. The van der Waals surface area contributed by atoms with Crippen molar-refractivity contribution in [2.24, 2.45) is 5.41 Å². The van der Waals surface area contributed by atoms with Gasteiger partial charge < -0.3 is 15.7 Å². The van der Waals surface area contributed by atoms with Crippen molar-refractivity contribution in [1.29, 1.82) is 0 Å². The second-order valence-electron chi connectivity index (χ2n) is 10.8. The van der Waals surface area contributed by atoms with Crippen LogP contribution in [0.3, 0.4) is 0 Å². The molecule has 0 bridgehead atoms. The molecule has 0 unspecified atom stereocenters. The molecule has 210 valence electrons. The minimum absolute atomic E-state index is 0.0212. The summed E-state index contributed by atoms with van der Waals surface area (Å²) < 4.78 is 40.5. The van der Waals surface area contributed by atoms with Gasteiger partial charge in [-0.05, 0) is 42.9 Å². The third-order valence-corrected chi connectivity index (χ3v) is 7.98. The smallest absolute Gasteiger partial charge is 0.404 e. The van der Waals surface area contributed by atoms with Crippen molar-refractivity contribution in [1.82, 2.24) is 20.3 Å². The summed E-state index contributed by atoms with van der Waals surface area (Å²) in [6, 6.07) is 3.57. The maximum Gasteiger partial charge on any atom is 0.404 e. The lowest BCUT2D eigenvalue weighted by molar-refractivity contribution is 0.185. The Kier molecular flexibility index (Phi) is 8.33. The van der Waals surface area contributed by atoms with E-state index in [1.54, 1.807) is 12.3 Å². The Bertz CT molecular complexity index is 1490. The predicted molar refractivity (Wildman–Crippen MR) is 151 cm³/mol. The van der Waals surface area contributed by atoms with Crippen LogP contribution < -0.4 is 15.4 Å². The number of nitrogens with zero attached hydrogens (tertiary/aromatic N) is 3. The molecule has 1 aliphatic carbocycles. The first-order chi connectivity index (χ1) is 18.2. The first-order valence-electron chi connectivity index (χ1n) is 12.2. The van der Waals surface area contributed by atoms with Gasteiger partial charge in [0.25, 0.3) is 0 Å². The maximum atomic E-state index is 14.6. The van der Waals surface area contributed by atoms with E-state index in [4.69, 9.17) is 16.6 Å². The molecule has 1 saturated carbocycles. The van der Waals surface area contributed by atoms with Crippen molar-refractivity contribution < 1.29 is 22.7 Å². The lowest BCUT2D eigenvalue weighted by atomic mass is 9.88. The van der Waals surface area contributed by atoms with Gasteiger partial charge in [-0.3, -0.25) is 4.72 Å². The average molecular weight is 597 g/mol. The van der Waals surface area contributed by atoms with Gasteiger partial charge in [-0.25, -0.2) is 32.6 Å². The fraction of sp³-hybridized carbons (Fsp3) is 0.440. The molecule has 2 heterocycles. The fourth-order valence-corrected chi connectivity index (χ4v) is 6.19. The van der Waals surface area contributed by atoms with Gasteiger partial charge in [0, 0.05) is 24.2 Å². The molecular formula is C25H30ClFN6O4S2. The van der Waals surface area contributed by atoms with Gasteiger partial charge >= 0.3 is 6.09 Å². The molecule has 0 spiro atoms. The third-order valence-electron chi connectivity index (χ3n) is 5.74. The number of halogens is 2. The summed E-state index contributed by atoms with van der Waals surface area (Å²) in [6.45, 7) is 6.35. The number of thiazole rings is 1. The number of hydrogen-bond donors (Lipinski definition) is 4. The molecule has 0 aliphatic heterocycles. The topological polar surface area (TPSA) is 146 Å². The number of amides is 1. The maximum absolute atomic E-state index is 14.6. The molecule has 1 amide bonds. The van der Waals surface area contributed by atoms with Crippen molar-refractivity contribution in [2.45, 2.75) is 52.0 Å². The minimum atomic E-state index is -3.70. The SMILES string of the molecule is CC(C)(C)C[C@@H](CNc1nccc(-c2sc(C3CC3)nc2-c2cc(F)cc(NS(C)(=O)=O)c2Cl)n1)NC(=O)O. The van der Waals surface area contributed by atoms with Crippen molar-refractivity contribution in [3.05, 3.63) is 40.2 Å². The number of carboxylic acid groups (broad SMARTS) is 1. The van der Waals surface area contributed by atoms with Crippen LogP contribution in [-0.2, 0) is 10.0 Å². The predicted octanol–water partition coefficient (Wildman–Crippen LogP) is 5.79. The average Bonchev–Trinajstić information content (AvgIpc) is 3.56. The Morgan fingerprint density at radius 3 is 2.62 bits per heavy atom. The van der Waals surface area contributed by atoms with Crippen LogP contribution >= 0.6 is 22.9 Å². The monoisotopic (exact) mass is 596 g/mol. The van der Waals surface area contributed by atoms with E-state index in [0.29, 0.717) is 28.6 Å². The number of aromatic nitrogens is 3. The molecule has 1 aromatic carbocycles. The molecule has 3 aromatic rings. The van der Waals surface area contributed by atoms with Gasteiger partial charge in [-0.2, -0.15) is 0 Å². The van der Waals surface area contributed by atoms with Crippen molar-refractivity contribution in [2.75, 3.05) is 22.8 Å². The normalized spacial score (nSPS) is 14.6. The molecule has 10 nitrogen and oxygen atoms in total. The molecule has 14 heteroatoms. The van der Waals surface area contributed by atoms with Crippen LogP contribution in [-0.4, -0.2) is 53.4 Å². The molecule has 1 fully saturated rings. The highest BCUT2D eigenvalue weighted by atomic mass is 35.5. The number of carbonyl (C=O) groups is 1. The Balaban J connectivity index is 1.69. The number of anilines is 2. The molecule has 2 aromatic heterocycles. The largest absolute Gasteiger partial charge is 0.465 e. The number of nitrogens with one attached hydrogen (secondary N) is 3. The van der Waals surface area contributed by atoms with Gasteiger partial charge in [0.05, 0.1) is 44.3 Å². The van der Waals surface area contributed by atoms with Crippen LogP contribution in [0.25, 0.3) is 21.8 Å². The minimum Gasteiger partial charge on any atom is -0.465 e. The summed E-state index contributed by atoms with van der Waals surface area (Å²) in [6.07, 6.45) is 4.00. The molecule has 4 rings (SSSR count). The molecular weight excluding hydrogens is 567 g/mol. The van der Waals surface area contributed by atoms with E-state index in [1.807, 2.05) is 20.8 Å². The molecule has 39 heavy (non-hydrogen) atoms. The summed E-state index contributed by atoms with van der Waals surface area (Å²) in [4.78, 5) is 25.6. The Labute approximate surface area is 235 Å². The van der Waals surface area contributed by atoms with E-state index >= 15 is 0 Å². The molecule has 4 N–H and O–H groups in total. The Hall–Kier alpha value is -3.03. The first-order valence-corrected chi connectivity index (χ1v) is 15.3. The Morgan fingerprint density at radius 1 is 1.28 bits per heavy atom. The van der Waals surface area contributed by atoms with E-state index in [-0.39, 0.29) is 40.2 Å². The lowest BCUT2D eigenvalue weighted by Gasteiger charge is -2.26. The number of benzene rings is 1.